The average molecular weight is 255 g/mol. The van der Waals surface area contributed by atoms with Crippen molar-refractivity contribution in [2.24, 2.45) is 0 Å². The van der Waals surface area contributed by atoms with Crippen LogP contribution in [0, 0.1) is 5.82 Å². The van der Waals surface area contributed by atoms with E-state index < -0.39 is 5.82 Å². The van der Waals surface area contributed by atoms with Crippen molar-refractivity contribution >= 4 is 0 Å². The Balaban J connectivity index is 2.17. The molecule has 100 valence electrons. The van der Waals surface area contributed by atoms with Crippen molar-refractivity contribution in [3.05, 3.63) is 29.6 Å². The molecule has 5 heteroatoms. The predicted octanol–water partition coefficient (Wildman–Crippen LogP) is 0.849. The highest BCUT2D eigenvalue weighted by Gasteiger charge is 2.32. The summed E-state index contributed by atoms with van der Waals surface area (Å²) in [5.41, 5.74) is 0.480. The van der Waals surface area contributed by atoms with E-state index in [4.69, 9.17) is 0 Å². The quantitative estimate of drug-likeness (QED) is 0.746. The normalized spacial score (nSPS) is 24.6. The molecule has 1 fully saturated rings. The van der Waals surface area contributed by atoms with Crippen molar-refractivity contribution in [1.82, 2.24) is 4.90 Å². The fourth-order valence-electron chi connectivity index (χ4n) is 2.54. The van der Waals surface area contributed by atoms with Gasteiger partial charge in [0.05, 0.1) is 13.2 Å². The van der Waals surface area contributed by atoms with Crippen LogP contribution in [0.1, 0.15) is 18.4 Å². The van der Waals surface area contributed by atoms with Crippen molar-refractivity contribution in [3.8, 4) is 5.75 Å². The Morgan fingerprint density at radius 2 is 1.78 bits per heavy atom. The van der Waals surface area contributed by atoms with Crippen LogP contribution in [0.4, 0.5) is 4.39 Å². The lowest BCUT2D eigenvalue weighted by atomic mass is 10.1. The number of rotatable bonds is 4. The van der Waals surface area contributed by atoms with Crippen LogP contribution < -0.4 is 0 Å². The lowest BCUT2D eigenvalue weighted by molar-refractivity contribution is 0.0895. The molecular weight excluding hydrogens is 237 g/mol. The van der Waals surface area contributed by atoms with Crippen LogP contribution in [0.3, 0.4) is 0 Å². The summed E-state index contributed by atoms with van der Waals surface area (Å²) in [7, 11) is 0. The second kappa shape index (κ2) is 5.65. The Labute approximate surface area is 105 Å². The Bertz CT molecular complexity index is 401. The third-order valence-electron chi connectivity index (χ3n) is 3.59. The minimum atomic E-state index is -0.400. The summed E-state index contributed by atoms with van der Waals surface area (Å²) in [6.07, 6.45) is 1.61. The summed E-state index contributed by atoms with van der Waals surface area (Å²) < 4.78 is 13.2. The van der Waals surface area contributed by atoms with Gasteiger partial charge in [0, 0.05) is 24.2 Å². The first-order valence-corrected chi connectivity index (χ1v) is 6.10. The molecule has 18 heavy (non-hydrogen) atoms. The van der Waals surface area contributed by atoms with E-state index in [9.17, 15) is 19.7 Å². The third-order valence-corrected chi connectivity index (χ3v) is 3.59. The number of phenolic OH excluding ortho intramolecular Hbond substituents is 1. The van der Waals surface area contributed by atoms with Crippen LogP contribution in [0.5, 0.6) is 5.75 Å². The number of aliphatic hydroxyl groups excluding tert-OH is 2. The number of aliphatic hydroxyl groups is 2. The molecule has 1 aromatic carbocycles. The highest BCUT2D eigenvalue weighted by atomic mass is 19.1. The standard InChI is InChI=1S/C13H18FNO3/c14-10-1-4-13(18)9(5-10)6-15-11(7-16)2-3-12(15)8-17/h1,4-5,11-12,16-18H,2-3,6-8H2/t11-,12-/m0/s1. The molecule has 0 radical (unpaired) electrons. The van der Waals surface area contributed by atoms with E-state index in [-0.39, 0.29) is 31.0 Å². The zero-order valence-electron chi connectivity index (χ0n) is 10.1. The number of likely N-dealkylation sites (tertiary alicyclic amines) is 1. The molecule has 3 N–H and O–H groups in total. The van der Waals surface area contributed by atoms with Gasteiger partial charge in [-0.1, -0.05) is 0 Å². The monoisotopic (exact) mass is 255 g/mol. The van der Waals surface area contributed by atoms with E-state index >= 15 is 0 Å². The Morgan fingerprint density at radius 1 is 1.17 bits per heavy atom. The summed E-state index contributed by atoms with van der Waals surface area (Å²) in [5, 5.41) is 28.3. The van der Waals surface area contributed by atoms with E-state index in [1.807, 2.05) is 4.90 Å². The van der Waals surface area contributed by atoms with Crippen molar-refractivity contribution in [2.45, 2.75) is 31.5 Å². The van der Waals surface area contributed by atoms with Crippen LogP contribution in [-0.2, 0) is 6.54 Å². The second-order valence-electron chi connectivity index (χ2n) is 4.70. The zero-order valence-corrected chi connectivity index (χ0v) is 10.1. The fourth-order valence-corrected chi connectivity index (χ4v) is 2.54. The lowest BCUT2D eigenvalue weighted by Crippen LogP contribution is -2.39. The van der Waals surface area contributed by atoms with Crippen LogP contribution in [-0.4, -0.2) is 45.5 Å². The number of nitrogens with zero attached hydrogens (tertiary/aromatic N) is 1. The summed E-state index contributed by atoms with van der Waals surface area (Å²) in [6, 6.07) is 3.74. The van der Waals surface area contributed by atoms with Gasteiger partial charge in [-0.15, -0.1) is 0 Å². The molecule has 1 heterocycles. The lowest BCUT2D eigenvalue weighted by Gasteiger charge is -2.28. The minimum Gasteiger partial charge on any atom is -0.508 e. The number of phenols is 1. The third kappa shape index (κ3) is 2.63. The molecule has 1 aliphatic heterocycles. The van der Waals surface area contributed by atoms with Gasteiger partial charge in [-0.2, -0.15) is 0 Å². The van der Waals surface area contributed by atoms with Gasteiger partial charge in [-0.05, 0) is 31.0 Å². The fraction of sp³-hybridized carbons (Fsp3) is 0.538. The summed E-state index contributed by atoms with van der Waals surface area (Å²) in [4.78, 5) is 1.93. The summed E-state index contributed by atoms with van der Waals surface area (Å²) in [5.74, 6) is -0.361. The number of benzene rings is 1. The topological polar surface area (TPSA) is 63.9 Å². The Morgan fingerprint density at radius 3 is 2.33 bits per heavy atom. The zero-order chi connectivity index (χ0) is 13.1. The largest absolute Gasteiger partial charge is 0.508 e. The molecule has 0 unspecified atom stereocenters. The number of halogens is 1. The molecule has 0 aromatic heterocycles. The van der Waals surface area contributed by atoms with E-state index in [1.54, 1.807) is 0 Å². The van der Waals surface area contributed by atoms with Crippen LogP contribution in [0.2, 0.25) is 0 Å². The van der Waals surface area contributed by atoms with Crippen molar-refractivity contribution in [2.75, 3.05) is 13.2 Å². The van der Waals surface area contributed by atoms with Crippen LogP contribution in [0.25, 0.3) is 0 Å². The number of hydrogen-bond donors (Lipinski definition) is 3. The van der Waals surface area contributed by atoms with Gasteiger partial charge in [0.25, 0.3) is 0 Å². The molecule has 0 spiro atoms. The first kappa shape index (κ1) is 13.3. The maximum atomic E-state index is 13.2. The smallest absolute Gasteiger partial charge is 0.123 e. The molecule has 1 saturated heterocycles. The van der Waals surface area contributed by atoms with E-state index in [2.05, 4.69) is 0 Å². The van der Waals surface area contributed by atoms with Gasteiger partial charge in [-0.3, -0.25) is 4.90 Å². The van der Waals surface area contributed by atoms with E-state index in [1.165, 1.54) is 18.2 Å². The molecule has 0 amide bonds. The summed E-state index contributed by atoms with van der Waals surface area (Å²) >= 11 is 0. The van der Waals surface area contributed by atoms with E-state index in [0.717, 1.165) is 12.8 Å². The molecule has 0 saturated carbocycles. The minimum absolute atomic E-state index is 0.00653. The van der Waals surface area contributed by atoms with Crippen molar-refractivity contribution < 1.29 is 19.7 Å². The number of hydrogen-bond acceptors (Lipinski definition) is 4. The molecular formula is C13H18FNO3. The van der Waals surface area contributed by atoms with Crippen molar-refractivity contribution in [3.63, 3.8) is 0 Å². The van der Waals surface area contributed by atoms with Gasteiger partial charge in [0.2, 0.25) is 0 Å². The predicted molar refractivity (Wildman–Crippen MR) is 64.6 cm³/mol. The molecule has 2 atom stereocenters. The van der Waals surface area contributed by atoms with Gasteiger partial charge in [-0.25, -0.2) is 4.39 Å². The van der Waals surface area contributed by atoms with Crippen LogP contribution in [0.15, 0.2) is 18.2 Å². The van der Waals surface area contributed by atoms with Gasteiger partial charge in [0.15, 0.2) is 0 Å². The Hall–Kier alpha value is -1.17. The highest BCUT2D eigenvalue weighted by Crippen LogP contribution is 2.28. The molecule has 0 bridgehead atoms. The van der Waals surface area contributed by atoms with Gasteiger partial charge in [0.1, 0.15) is 11.6 Å². The summed E-state index contributed by atoms with van der Waals surface area (Å²) in [6.45, 7) is 0.346. The Kier molecular flexibility index (Phi) is 4.16. The maximum Gasteiger partial charge on any atom is 0.123 e. The molecule has 1 aromatic rings. The average Bonchev–Trinajstić information content (AvgIpc) is 2.76. The van der Waals surface area contributed by atoms with Gasteiger partial charge >= 0.3 is 0 Å². The van der Waals surface area contributed by atoms with Crippen molar-refractivity contribution in [1.29, 1.82) is 0 Å². The maximum absolute atomic E-state index is 13.2. The molecule has 2 rings (SSSR count). The molecule has 0 aliphatic carbocycles. The molecule has 4 nitrogen and oxygen atoms in total. The SMILES string of the molecule is OC[C@@H]1CC[C@@H](CO)N1Cc1cc(F)ccc1O. The highest BCUT2D eigenvalue weighted by molar-refractivity contribution is 5.32. The van der Waals surface area contributed by atoms with E-state index in [0.29, 0.717) is 12.1 Å². The first-order valence-electron chi connectivity index (χ1n) is 6.10. The molecule has 1 aliphatic rings. The van der Waals surface area contributed by atoms with Crippen LogP contribution >= 0.6 is 0 Å². The first-order chi connectivity index (χ1) is 8.65. The van der Waals surface area contributed by atoms with Gasteiger partial charge < -0.3 is 15.3 Å². The second-order valence-corrected chi connectivity index (χ2v) is 4.70. The number of aromatic hydroxyl groups is 1.